The number of rotatable bonds is 4. The zero-order valence-corrected chi connectivity index (χ0v) is 12.4. The molecule has 2 aromatic rings. The minimum Gasteiger partial charge on any atom is -0.271 e. The Balaban J connectivity index is 1.77. The van der Waals surface area contributed by atoms with Crippen LogP contribution in [0.4, 0.5) is 4.39 Å². The molecule has 1 aliphatic rings. The zero-order valence-electron chi connectivity index (χ0n) is 11.7. The number of hydrogen-bond acceptors (Lipinski definition) is 2. The molecule has 0 saturated carbocycles. The molecule has 3 rings (SSSR count). The largest absolute Gasteiger partial charge is 0.271 e. The predicted octanol–water partition coefficient (Wildman–Crippen LogP) is 3.27. The van der Waals surface area contributed by atoms with Gasteiger partial charge in [0.05, 0.1) is 5.02 Å². The van der Waals surface area contributed by atoms with Crippen molar-refractivity contribution >= 4 is 11.6 Å². The van der Waals surface area contributed by atoms with E-state index in [0.717, 1.165) is 18.4 Å². The Morgan fingerprint density at radius 3 is 2.43 bits per heavy atom. The molecule has 110 valence electrons. The third-order valence-corrected chi connectivity index (χ3v) is 4.76. The van der Waals surface area contributed by atoms with Crippen LogP contribution in [0.25, 0.3) is 0 Å². The van der Waals surface area contributed by atoms with E-state index in [1.54, 1.807) is 6.07 Å². The highest BCUT2D eigenvalue weighted by Crippen LogP contribution is 2.31. The fraction of sp³-hybridized carbons (Fsp3) is 0.294. The van der Waals surface area contributed by atoms with Gasteiger partial charge < -0.3 is 0 Å². The van der Waals surface area contributed by atoms with Crippen LogP contribution in [0.5, 0.6) is 0 Å². The molecule has 0 fully saturated rings. The lowest BCUT2D eigenvalue weighted by Gasteiger charge is -2.23. The van der Waals surface area contributed by atoms with E-state index in [1.807, 2.05) is 6.07 Å². The van der Waals surface area contributed by atoms with Crippen LogP contribution in [-0.4, -0.2) is 6.04 Å². The molecule has 0 spiro atoms. The molecule has 0 saturated heterocycles. The van der Waals surface area contributed by atoms with Gasteiger partial charge in [0.15, 0.2) is 0 Å². The molecule has 2 aromatic carbocycles. The van der Waals surface area contributed by atoms with Gasteiger partial charge in [-0.15, -0.1) is 0 Å². The van der Waals surface area contributed by atoms with Gasteiger partial charge in [0.25, 0.3) is 0 Å². The smallest absolute Gasteiger partial charge is 0.142 e. The van der Waals surface area contributed by atoms with Crippen LogP contribution in [0.15, 0.2) is 42.5 Å². The quantitative estimate of drug-likeness (QED) is 0.672. The SMILES string of the molecule is NNC(Cc1cccc(F)c1Cl)C1Cc2ccccc2C1. The van der Waals surface area contributed by atoms with Crippen molar-refractivity contribution in [2.75, 3.05) is 0 Å². The molecule has 3 N–H and O–H groups in total. The van der Waals surface area contributed by atoms with Gasteiger partial charge in [-0.25, -0.2) is 4.39 Å². The van der Waals surface area contributed by atoms with Crippen LogP contribution >= 0.6 is 11.6 Å². The highest BCUT2D eigenvalue weighted by atomic mass is 35.5. The third-order valence-electron chi connectivity index (χ3n) is 4.34. The first-order chi connectivity index (χ1) is 10.2. The lowest BCUT2D eigenvalue weighted by Crippen LogP contribution is -2.43. The average Bonchev–Trinajstić information content (AvgIpc) is 2.92. The summed E-state index contributed by atoms with van der Waals surface area (Å²) < 4.78 is 13.5. The summed E-state index contributed by atoms with van der Waals surface area (Å²) in [5, 5.41) is 0.202. The molecule has 1 unspecified atom stereocenters. The first-order valence-electron chi connectivity index (χ1n) is 7.15. The van der Waals surface area contributed by atoms with Gasteiger partial charge in [0.2, 0.25) is 0 Å². The first kappa shape index (κ1) is 14.5. The summed E-state index contributed by atoms with van der Waals surface area (Å²) in [6.45, 7) is 0. The number of halogens is 2. The summed E-state index contributed by atoms with van der Waals surface area (Å²) in [7, 11) is 0. The Hall–Kier alpha value is -1.42. The van der Waals surface area contributed by atoms with Gasteiger partial charge >= 0.3 is 0 Å². The summed E-state index contributed by atoms with van der Waals surface area (Å²) >= 11 is 6.05. The van der Waals surface area contributed by atoms with Crippen LogP contribution in [0.3, 0.4) is 0 Å². The van der Waals surface area contributed by atoms with Crippen molar-refractivity contribution in [2.45, 2.75) is 25.3 Å². The van der Waals surface area contributed by atoms with Gasteiger partial charge in [-0.1, -0.05) is 48.0 Å². The van der Waals surface area contributed by atoms with Crippen molar-refractivity contribution in [2.24, 2.45) is 11.8 Å². The molecular formula is C17H18ClFN2. The van der Waals surface area contributed by atoms with E-state index in [0.29, 0.717) is 12.3 Å². The lowest BCUT2D eigenvalue weighted by molar-refractivity contribution is 0.366. The van der Waals surface area contributed by atoms with Crippen molar-refractivity contribution in [3.8, 4) is 0 Å². The molecule has 0 aliphatic heterocycles. The Bertz CT molecular complexity index is 619. The standard InChI is InChI=1S/C17H18ClFN2/c18-17-13(6-3-7-15(17)19)10-16(21-20)14-8-11-4-1-2-5-12(11)9-14/h1-7,14,16,21H,8-10,20H2. The van der Waals surface area contributed by atoms with Crippen molar-refractivity contribution < 1.29 is 4.39 Å². The second-order valence-electron chi connectivity index (χ2n) is 5.63. The van der Waals surface area contributed by atoms with Crippen LogP contribution in [0.1, 0.15) is 16.7 Å². The predicted molar refractivity (Wildman–Crippen MR) is 83.6 cm³/mol. The van der Waals surface area contributed by atoms with Crippen molar-refractivity contribution in [3.05, 3.63) is 70.0 Å². The normalized spacial score (nSPS) is 16.0. The Morgan fingerprint density at radius 2 is 1.81 bits per heavy atom. The van der Waals surface area contributed by atoms with E-state index < -0.39 is 0 Å². The average molecular weight is 305 g/mol. The number of hydrazine groups is 1. The molecule has 0 bridgehead atoms. The minimum atomic E-state index is -0.375. The van der Waals surface area contributed by atoms with Gasteiger partial charge in [0.1, 0.15) is 5.82 Å². The van der Waals surface area contributed by atoms with E-state index in [4.69, 9.17) is 17.4 Å². The summed E-state index contributed by atoms with van der Waals surface area (Å²) in [5.41, 5.74) is 6.46. The lowest BCUT2D eigenvalue weighted by atomic mass is 9.91. The molecular weight excluding hydrogens is 287 g/mol. The molecule has 2 nitrogen and oxygen atoms in total. The molecule has 0 heterocycles. The monoisotopic (exact) mass is 304 g/mol. The van der Waals surface area contributed by atoms with Crippen molar-refractivity contribution in [1.29, 1.82) is 0 Å². The van der Waals surface area contributed by atoms with Crippen LogP contribution in [-0.2, 0) is 19.3 Å². The molecule has 21 heavy (non-hydrogen) atoms. The van der Waals surface area contributed by atoms with Crippen LogP contribution in [0.2, 0.25) is 5.02 Å². The third kappa shape index (κ3) is 2.95. The van der Waals surface area contributed by atoms with Gasteiger partial charge in [0, 0.05) is 6.04 Å². The fourth-order valence-electron chi connectivity index (χ4n) is 3.18. The highest BCUT2D eigenvalue weighted by molar-refractivity contribution is 6.31. The number of benzene rings is 2. The number of fused-ring (bicyclic) bond motifs is 1. The van der Waals surface area contributed by atoms with Crippen molar-refractivity contribution in [1.82, 2.24) is 5.43 Å². The molecule has 1 atom stereocenters. The molecule has 0 amide bonds. The van der Waals surface area contributed by atoms with E-state index in [9.17, 15) is 4.39 Å². The number of hydrogen-bond donors (Lipinski definition) is 2. The molecule has 1 aliphatic carbocycles. The van der Waals surface area contributed by atoms with Gasteiger partial charge in [-0.2, -0.15) is 0 Å². The van der Waals surface area contributed by atoms with E-state index in [2.05, 4.69) is 29.7 Å². The maximum Gasteiger partial charge on any atom is 0.142 e. The second-order valence-corrected chi connectivity index (χ2v) is 6.01. The van der Waals surface area contributed by atoms with Gasteiger partial charge in [-0.3, -0.25) is 11.3 Å². The minimum absolute atomic E-state index is 0.0803. The maximum atomic E-state index is 13.5. The molecule has 0 aromatic heterocycles. The van der Waals surface area contributed by atoms with Gasteiger partial charge in [-0.05, 0) is 47.9 Å². The number of nitrogens with two attached hydrogens (primary N) is 1. The Kier molecular flexibility index (Phi) is 4.24. The highest BCUT2D eigenvalue weighted by Gasteiger charge is 2.28. The Morgan fingerprint density at radius 1 is 1.14 bits per heavy atom. The zero-order chi connectivity index (χ0) is 14.8. The molecule has 0 radical (unpaired) electrons. The van der Waals surface area contributed by atoms with Crippen molar-refractivity contribution in [3.63, 3.8) is 0 Å². The van der Waals surface area contributed by atoms with E-state index in [1.165, 1.54) is 17.2 Å². The summed E-state index contributed by atoms with van der Waals surface area (Å²) in [6.07, 6.45) is 2.63. The van der Waals surface area contributed by atoms with Crippen LogP contribution in [0, 0.1) is 11.7 Å². The van der Waals surface area contributed by atoms with E-state index >= 15 is 0 Å². The van der Waals surface area contributed by atoms with E-state index in [-0.39, 0.29) is 16.9 Å². The summed E-state index contributed by atoms with van der Waals surface area (Å²) in [6, 6.07) is 13.5. The summed E-state index contributed by atoms with van der Waals surface area (Å²) in [4.78, 5) is 0. The first-order valence-corrected chi connectivity index (χ1v) is 7.52. The Labute approximate surface area is 129 Å². The second kappa shape index (κ2) is 6.14. The fourth-order valence-corrected chi connectivity index (χ4v) is 3.39. The maximum absolute atomic E-state index is 13.5. The summed E-state index contributed by atoms with van der Waals surface area (Å²) in [5.74, 6) is 5.77. The molecule has 4 heteroatoms. The topological polar surface area (TPSA) is 38.0 Å². The number of nitrogens with one attached hydrogen (secondary N) is 1. The van der Waals surface area contributed by atoms with Crippen LogP contribution < -0.4 is 11.3 Å².